The Morgan fingerprint density at radius 2 is 1.83 bits per heavy atom. The molecule has 1 amide bonds. The molecular formula is C17H24N2O4. The summed E-state index contributed by atoms with van der Waals surface area (Å²) in [5.74, 6) is -0.375. The van der Waals surface area contributed by atoms with E-state index in [1.165, 1.54) is 7.11 Å². The predicted octanol–water partition coefficient (Wildman–Crippen LogP) is 1.20. The summed E-state index contributed by atoms with van der Waals surface area (Å²) in [6.45, 7) is 6.39. The van der Waals surface area contributed by atoms with Crippen molar-refractivity contribution in [3.63, 3.8) is 0 Å². The van der Waals surface area contributed by atoms with Gasteiger partial charge in [0.05, 0.1) is 31.4 Å². The number of benzene rings is 1. The van der Waals surface area contributed by atoms with Crippen LogP contribution in [0.4, 0.5) is 0 Å². The minimum absolute atomic E-state index is 0.0108. The maximum Gasteiger partial charge on any atom is 0.337 e. The number of esters is 1. The lowest BCUT2D eigenvalue weighted by Gasteiger charge is -2.34. The van der Waals surface area contributed by atoms with Crippen LogP contribution in [0.2, 0.25) is 0 Å². The number of hydrogen-bond acceptors (Lipinski definition) is 5. The smallest absolute Gasteiger partial charge is 0.337 e. The normalized spacial score (nSPS) is 21.7. The van der Waals surface area contributed by atoms with Crippen molar-refractivity contribution in [3.8, 4) is 0 Å². The Hall–Kier alpha value is -1.92. The van der Waals surface area contributed by atoms with Gasteiger partial charge in [-0.15, -0.1) is 0 Å². The van der Waals surface area contributed by atoms with E-state index in [1.807, 2.05) is 26.0 Å². The number of carbonyl (C=O) groups excluding carboxylic acids is 2. The molecule has 6 nitrogen and oxygen atoms in total. The second-order valence-electron chi connectivity index (χ2n) is 5.92. The lowest BCUT2D eigenvalue weighted by Crippen LogP contribution is -2.49. The van der Waals surface area contributed by atoms with Crippen LogP contribution in [0.25, 0.3) is 0 Å². The molecular weight excluding hydrogens is 296 g/mol. The molecule has 1 heterocycles. The Morgan fingerprint density at radius 3 is 2.39 bits per heavy atom. The largest absolute Gasteiger partial charge is 0.465 e. The van der Waals surface area contributed by atoms with Crippen LogP contribution in [0.15, 0.2) is 24.3 Å². The van der Waals surface area contributed by atoms with Crippen LogP contribution in [0, 0.1) is 0 Å². The zero-order chi connectivity index (χ0) is 16.8. The molecule has 0 aromatic heterocycles. The molecule has 1 aliphatic heterocycles. The molecule has 1 N–H and O–H groups in total. The molecule has 0 bridgehead atoms. The molecule has 0 saturated carbocycles. The van der Waals surface area contributed by atoms with Gasteiger partial charge in [-0.05, 0) is 31.5 Å². The molecule has 0 radical (unpaired) electrons. The Kier molecular flexibility index (Phi) is 6.12. The number of rotatable bonds is 5. The molecule has 2 rings (SSSR count). The highest BCUT2D eigenvalue weighted by molar-refractivity contribution is 5.89. The van der Waals surface area contributed by atoms with Crippen LogP contribution in [-0.4, -0.2) is 55.7 Å². The second kappa shape index (κ2) is 8.08. The van der Waals surface area contributed by atoms with Gasteiger partial charge in [0.15, 0.2) is 0 Å². The molecule has 126 valence electrons. The summed E-state index contributed by atoms with van der Waals surface area (Å²) in [5.41, 5.74) is 1.44. The highest BCUT2D eigenvalue weighted by Crippen LogP contribution is 2.10. The third-order valence-electron chi connectivity index (χ3n) is 3.73. The third kappa shape index (κ3) is 5.33. The third-order valence-corrected chi connectivity index (χ3v) is 3.73. The molecule has 0 aliphatic carbocycles. The predicted molar refractivity (Wildman–Crippen MR) is 86.1 cm³/mol. The molecule has 0 unspecified atom stereocenters. The highest BCUT2D eigenvalue weighted by Gasteiger charge is 2.23. The van der Waals surface area contributed by atoms with Gasteiger partial charge in [-0.25, -0.2) is 4.79 Å². The van der Waals surface area contributed by atoms with E-state index in [9.17, 15) is 9.59 Å². The van der Waals surface area contributed by atoms with Crippen LogP contribution in [0.3, 0.4) is 0 Å². The van der Waals surface area contributed by atoms with E-state index < -0.39 is 0 Å². The Balaban J connectivity index is 1.79. The monoisotopic (exact) mass is 320 g/mol. The summed E-state index contributed by atoms with van der Waals surface area (Å²) < 4.78 is 10.3. The summed E-state index contributed by atoms with van der Waals surface area (Å²) in [4.78, 5) is 25.5. The van der Waals surface area contributed by atoms with Gasteiger partial charge in [-0.3, -0.25) is 9.69 Å². The van der Waals surface area contributed by atoms with E-state index in [0.29, 0.717) is 18.7 Å². The molecule has 23 heavy (non-hydrogen) atoms. The number of morpholine rings is 1. The van der Waals surface area contributed by atoms with Crippen molar-refractivity contribution in [3.05, 3.63) is 35.4 Å². The zero-order valence-electron chi connectivity index (χ0n) is 13.9. The van der Waals surface area contributed by atoms with Crippen molar-refractivity contribution in [2.24, 2.45) is 0 Å². The van der Waals surface area contributed by atoms with Crippen molar-refractivity contribution in [1.82, 2.24) is 10.2 Å². The van der Waals surface area contributed by atoms with Gasteiger partial charge in [-0.2, -0.15) is 0 Å². The lowest BCUT2D eigenvalue weighted by molar-refractivity contribution is -0.126. The van der Waals surface area contributed by atoms with E-state index in [-0.39, 0.29) is 24.1 Å². The molecule has 1 saturated heterocycles. The van der Waals surface area contributed by atoms with Gasteiger partial charge in [0.25, 0.3) is 0 Å². The fourth-order valence-corrected chi connectivity index (χ4v) is 2.75. The zero-order valence-corrected chi connectivity index (χ0v) is 13.9. The minimum atomic E-state index is -0.365. The summed E-state index contributed by atoms with van der Waals surface area (Å²) in [7, 11) is 1.35. The van der Waals surface area contributed by atoms with E-state index in [1.54, 1.807) is 12.1 Å². The van der Waals surface area contributed by atoms with Gasteiger partial charge < -0.3 is 14.8 Å². The number of methoxy groups -OCH3 is 1. The summed E-state index contributed by atoms with van der Waals surface area (Å²) in [5, 5.41) is 2.90. The molecule has 1 aromatic rings. The average molecular weight is 320 g/mol. The van der Waals surface area contributed by atoms with Crippen molar-refractivity contribution in [2.45, 2.75) is 32.6 Å². The van der Waals surface area contributed by atoms with Crippen molar-refractivity contribution in [1.29, 1.82) is 0 Å². The number of nitrogens with one attached hydrogen (secondary N) is 1. The fourth-order valence-electron chi connectivity index (χ4n) is 2.75. The quantitative estimate of drug-likeness (QED) is 0.826. The Bertz CT molecular complexity index is 534. The molecule has 6 heteroatoms. The van der Waals surface area contributed by atoms with Crippen LogP contribution in [0.1, 0.15) is 29.8 Å². The van der Waals surface area contributed by atoms with Gasteiger partial charge >= 0.3 is 5.97 Å². The van der Waals surface area contributed by atoms with Crippen molar-refractivity contribution in [2.75, 3.05) is 26.7 Å². The maximum absolute atomic E-state index is 12.1. The molecule has 1 fully saturated rings. The molecule has 0 spiro atoms. The topological polar surface area (TPSA) is 67.9 Å². The average Bonchev–Trinajstić information content (AvgIpc) is 2.51. The molecule has 2 atom stereocenters. The van der Waals surface area contributed by atoms with Crippen LogP contribution in [0.5, 0.6) is 0 Å². The SMILES string of the molecule is COC(=O)c1ccc(CNC(=O)CN2C[C@@H](C)O[C@H](C)C2)cc1. The number of ether oxygens (including phenoxy) is 2. The second-order valence-corrected chi connectivity index (χ2v) is 5.92. The highest BCUT2D eigenvalue weighted by atomic mass is 16.5. The van der Waals surface area contributed by atoms with Crippen LogP contribution in [-0.2, 0) is 20.8 Å². The van der Waals surface area contributed by atoms with Gasteiger partial charge in [0, 0.05) is 19.6 Å². The fraction of sp³-hybridized carbons (Fsp3) is 0.529. The first kappa shape index (κ1) is 17.4. The summed E-state index contributed by atoms with van der Waals surface area (Å²) >= 11 is 0. The van der Waals surface area contributed by atoms with Crippen LogP contribution < -0.4 is 5.32 Å². The van der Waals surface area contributed by atoms with E-state index in [0.717, 1.165) is 18.7 Å². The van der Waals surface area contributed by atoms with E-state index in [2.05, 4.69) is 15.0 Å². The number of hydrogen-bond donors (Lipinski definition) is 1. The maximum atomic E-state index is 12.1. The summed E-state index contributed by atoms with van der Waals surface area (Å²) in [6, 6.07) is 7.01. The van der Waals surface area contributed by atoms with E-state index in [4.69, 9.17) is 4.74 Å². The van der Waals surface area contributed by atoms with Gasteiger partial charge in [0.2, 0.25) is 5.91 Å². The standard InChI is InChI=1S/C17H24N2O4/c1-12-9-19(10-13(2)23-12)11-16(20)18-8-14-4-6-15(7-5-14)17(21)22-3/h4-7,12-13H,8-11H2,1-3H3,(H,18,20)/t12-,13-/m1/s1. The minimum Gasteiger partial charge on any atom is -0.465 e. The molecule has 1 aliphatic rings. The number of nitrogens with zero attached hydrogens (tertiary/aromatic N) is 1. The first-order valence-corrected chi connectivity index (χ1v) is 7.79. The van der Waals surface area contributed by atoms with Gasteiger partial charge in [-0.1, -0.05) is 12.1 Å². The lowest BCUT2D eigenvalue weighted by atomic mass is 10.1. The Morgan fingerprint density at radius 1 is 1.22 bits per heavy atom. The Labute approximate surface area is 136 Å². The molecule has 1 aromatic carbocycles. The summed E-state index contributed by atoms with van der Waals surface area (Å²) in [6.07, 6.45) is 0.301. The van der Waals surface area contributed by atoms with E-state index >= 15 is 0 Å². The van der Waals surface area contributed by atoms with Gasteiger partial charge in [0.1, 0.15) is 0 Å². The van der Waals surface area contributed by atoms with Crippen molar-refractivity contribution >= 4 is 11.9 Å². The first-order valence-electron chi connectivity index (χ1n) is 7.79. The number of carbonyl (C=O) groups is 2. The van der Waals surface area contributed by atoms with Crippen molar-refractivity contribution < 1.29 is 19.1 Å². The number of amides is 1. The van der Waals surface area contributed by atoms with Crippen LogP contribution >= 0.6 is 0 Å². The first-order chi connectivity index (χ1) is 11.0.